The number of hydrogen-bond acceptors (Lipinski definition) is 11. The molecule has 3 rings (SSSR count). The molecule has 1 aromatic rings. The topological polar surface area (TPSA) is 190 Å². The molecule has 0 saturated carbocycles. The van der Waals surface area contributed by atoms with Gasteiger partial charge in [-0.25, -0.2) is 0 Å². The second-order valence-electron chi connectivity index (χ2n) is 7.10. The van der Waals surface area contributed by atoms with Crippen molar-refractivity contribution in [2.24, 2.45) is 0 Å². The maximum Gasteiger partial charge on any atom is 0.224 e. The minimum atomic E-state index is -2.22. The molecule has 2 aliphatic heterocycles. The molecule has 0 amide bonds. The Morgan fingerprint density at radius 3 is 1.81 bits per heavy atom. The maximum absolute atomic E-state index is 10.00. The Morgan fingerprint density at radius 1 is 0.812 bits per heavy atom. The van der Waals surface area contributed by atoms with E-state index in [9.17, 15) is 30.6 Å². The van der Waals surface area contributed by atoms with Gasteiger partial charge in [-0.1, -0.05) is 40.9 Å². The van der Waals surface area contributed by atoms with Crippen molar-refractivity contribution in [3.05, 3.63) is 33.3 Å². The Labute approximate surface area is 197 Å². The molecule has 8 N–H and O–H groups in total. The van der Waals surface area contributed by atoms with Crippen LogP contribution < -0.4 is 0 Å². The molecular formula is C18H25Cl3O11. The van der Waals surface area contributed by atoms with Crippen LogP contribution in [0.25, 0.3) is 0 Å². The van der Waals surface area contributed by atoms with E-state index in [2.05, 4.69) is 0 Å². The fourth-order valence-corrected chi connectivity index (χ4v) is 3.63. The van der Waals surface area contributed by atoms with Crippen molar-refractivity contribution in [1.82, 2.24) is 0 Å². The summed E-state index contributed by atoms with van der Waals surface area (Å²) in [6.07, 6.45) is -12.7. The summed E-state index contributed by atoms with van der Waals surface area (Å²) >= 11 is 16.8. The fraction of sp³-hybridized carbons (Fsp3) is 0.667. The Kier molecular flexibility index (Phi) is 10.3. The SMILES string of the molecule is Clc1cccc(Cl)c1Cl.OC[C@H]1O[C@@](CO)(O[C@H]2O[C@H](CO)[C@@H](O)[C@H](O)[C@H]2O)[C@@H](O)[C@@H]1O. The third kappa shape index (κ3) is 5.82. The number of halogens is 3. The summed E-state index contributed by atoms with van der Waals surface area (Å²) in [5.41, 5.74) is 0. The van der Waals surface area contributed by atoms with Crippen LogP contribution in [0.5, 0.6) is 0 Å². The van der Waals surface area contributed by atoms with Gasteiger partial charge in [0.1, 0.15) is 49.3 Å². The summed E-state index contributed by atoms with van der Waals surface area (Å²) < 4.78 is 15.4. The molecule has 184 valence electrons. The van der Waals surface area contributed by atoms with Crippen molar-refractivity contribution in [1.29, 1.82) is 0 Å². The van der Waals surface area contributed by atoms with Crippen molar-refractivity contribution < 1.29 is 55.1 Å². The van der Waals surface area contributed by atoms with Crippen molar-refractivity contribution in [2.75, 3.05) is 19.8 Å². The minimum Gasteiger partial charge on any atom is -0.394 e. The molecule has 9 atom stereocenters. The van der Waals surface area contributed by atoms with Crippen LogP contribution in [0, 0.1) is 0 Å². The van der Waals surface area contributed by atoms with Gasteiger partial charge in [-0.3, -0.25) is 0 Å². The van der Waals surface area contributed by atoms with Crippen molar-refractivity contribution in [3.8, 4) is 0 Å². The van der Waals surface area contributed by atoms with Gasteiger partial charge in [0.25, 0.3) is 0 Å². The molecule has 0 spiro atoms. The normalized spacial score (nSPS) is 39.5. The maximum atomic E-state index is 10.00. The highest BCUT2D eigenvalue weighted by Crippen LogP contribution is 2.36. The predicted molar refractivity (Wildman–Crippen MR) is 110 cm³/mol. The number of benzene rings is 1. The third-order valence-corrected chi connectivity index (χ3v) is 6.21. The lowest BCUT2D eigenvalue weighted by molar-refractivity contribution is -0.383. The van der Waals surface area contributed by atoms with Gasteiger partial charge in [-0.05, 0) is 12.1 Å². The number of aliphatic hydroxyl groups excluding tert-OH is 8. The van der Waals surface area contributed by atoms with E-state index in [0.717, 1.165) is 0 Å². The van der Waals surface area contributed by atoms with Gasteiger partial charge in [0.2, 0.25) is 5.79 Å². The Morgan fingerprint density at radius 2 is 1.38 bits per heavy atom. The van der Waals surface area contributed by atoms with Gasteiger partial charge in [0.05, 0.1) is 28.3 Å². The van der Waals surface area contributed by atoms with Crippen molar-refractivity contribution in [3.63, 3.8) is 0 Å². The third-order valence-electron chi connectivity index (χ3n) is 4.97. The zero-order valence-electron chi connectivity index (χ0n) is 16.4. The number of aliphatic hydroxyl groups is 8. The van der Waals surface area contributed by atoms with Gasteiger partial charge >= 0.3 is 0 Å². The monoisotopic (exact) mass is 522 g/mol. The summed E-state index contributed by atoms with van der Waals surface area (Å²) in [6, 6.07) is 5.13. The second-order valence-corrected chi connectivity index (χ2v) is 8.29. The molecule has 1 aromatic carbocycles. The van der Waals surface area contributed by atoms with Crippen LogP contribution in [0.3, 0.4) is 0 Å². The van der Waals surface area contributed by atoms with E-state index in [4.69, 9.17) is 59.2 Å². The average Bonchev–Trinajstić information content (AvgIpc) is 3.03. The van der Waals surface area contributed by atoms with E-state index in [0.29, 0.717) is 15.1 Å². The van der Waals surface area contributed by atoms with E-state index in [1.807, 2.05) is 0 Å². The summed E-state index contributed by atoms with van der Waals surface area (Å²) in [4.78, 5) is 0. The molecule has 0 unspecified atom stereocenters. The van der Waals surface area contributed by atoms with Gasteiger partial charge in [-0.2, -0.15) is 0 Å². The van der Waals surface area contributed by atoms with Crippen molar-refractivity contribution in [2.45, 2.75) is 54.8 Å². The van der Waals surface area contributed by atoms with E-state index in [1.165, 1.54) is 0 Å². The predicted octanol–water partition coefficient (Wildman–Crippen LogP) is -1.75. The molecule has 14 heteroatoms. The largest absolute Gasteiger partial charge is 0.394 e. The van der Waals surface area contributed by atoms with Crippen LogP contribution in [-0.2, 0) is 14.2 Å². The summed E-state index contributed by atoms with van der Waals surface area (Å²) in [6.45, 7) is -2.32. The molecule has 2 aliphatic rings. The molecule has 32 heavy (non-hydrogen) atoms. The first-order valence-electron chi connectivity index (χ1n) is 9.36. The zero-order valence-corrected chi connectivity index (χ0v) is 18.7. The van der Waals surface area contributed by atoms with Gasteiger partial charge in [0, 0.05) is 0 Å². The second kappa shape index (κ2) is 11.9. The summed E-state index contributed by atoms with van der Waals surface area (Å²) in [5, 5.41) is 78.1. The lowest BCUT2D eigenvalue weighted by Crippen LogP contribution is -2.62. The standard InChI is InChI=1S/C12H22O11.C6H3Cl3/c13-1-4-6(16)8(18)9(19)11(21-4)23-12(3-15)10(20)7(17)5(2-14)22-12;7-4-2-1-3-5(8)6(4)9/h4-11,13-20H,1-3H2;1-3H/t4-,5-,6-,7-,8+,9-,10+,11-,12+;/m1./s1. The summed E-state index contributed by atoms with van der Waals surface area (Å²) in [5.74, 6) is -2.22. The summed E-state index contributed by atoms with van der Waals surface area (Å²) in [7, 11) is 0. The molecule has 0 aliphatic carbocycles. The molecular weight excluding hydrogens is 499 g/mol. The van der Waals surface area contributed by atoms with Gasteiger partial charge in [0.15, 0.2) is 6.29 Å². The first-order valence-corrected chi connectivity index (χ1v) is 10.5. The lowest BCUT2D eigenvalue weighted by atomic mass is 9.99. The van der Waals surface area contributed by atoms with Gasteiger partial charge in [-0.15, -0.1) is 0 Å². The highest BCUT2D eigenvalue weighted by molar-refractivity contribution is 6.47. The molecule has 2 fully saturated rings. The Balaban J connectivity index is 0.000000336. The molecule has 0 bridgehead atoms. The van der Waals surface area contributed by atoms with Crippen molar-refractivity contribution >= 4 is 34.8 Å². The molecule has 0 aromatic heterocycles. The van der Waals surface area contributed by atoms with E-state index in [1.54, 1.807) is 18.2 Å². The van der Waals surface area contributed by atoms with E-state index >= 15 is 0 Å². The van der Waals surface area contributed by atoms with E-state index in [-0.39, 0.29) is 0 Å². The van der Waals surface area contributed by atoms with Crippen LogP contribution in [0.15, 0.2) is 18.2 Å². The highest BCUT2D eigenvalue weighted by atomic mass is 35.5. The Bertz CT molecular complexity index is 722. The van der Waals surface area contributed by atoms with Crippen LogP contribution in [0.2, 0.25) is 15.1 Å². The quantitative estimate of drug-likeness (QED) is 0.204. The number of hydrogen-bond donors (Lipinski definition) is 8. The van der Waals surface area contributed by atoms with Crippen LogP contribution in [0.1, 0.15) is 0 Å². The molecule has 2 heterocycles. The van der Waals surface area contributed by atoms with Gasteiger partial charge < -0.3 is 55.1 Å². The first kappa shape index (κ1) is 27.9. The molecule has 0 radical (unpaired) electrons. The minimum absolute atomic E-state index is 0.417. The molecule has 2 saturated heterocycles. The average molecular weight is 524 g/mol. The highest BCUT2D eigenvalue weighted by Gasteiger charge is 2.58. The zero-order chi connectivity index (χ0) is 24.2. The lowest BCUT2D eigenvalue weighted by Gasteiger charge is -2.43. The Hall–Kier alpha value is -0.350. The van der Waals surface area contributed by atoms with E-state index < -0.39 is 74.6 Å². The van der Waals surface area contributed by atoms with Crippen LogP contribution in [-0.4, -0.2) is 115 Å². The fourth-order valence-electron chi connectivity index (χ4n) is 3.11. The number of rotatable bonds is 5. The molecule has 11 nitrogen and oxygen atoms in total. The number of ether oxygens (including phenoxy) is 3. The first-order chi connectivity index (χ1) is 15.0. The van der Waals surface area contributed by atoms with Crippen LogP contribution in [0.4, 0.5) is 0 Å². The smallest absolute Gasteiger partial charge is 0.224 e. The van der Waals surface area contributed by atoms with Crippen LogP contribution >= 0.6 is 34.8 Å².